The topological polar surface area (TPSA) is 65.1 Å². The van der Waals surface area contributed by atoms with Crippen molar-refractivity contribution in [3.63, 3.8) is 0 Å². The van der Waals surface area contributed by atoms with Crippen LogP contribution in [-0.4, -0.2) is 37.4 Å². The second-order valence-electron chi connectivity index (χ2n) is 3.75. The van der Waals surface area contributed by atoms with Gasteiger partial charge < -0.3 is 14.2 Å². The van der Waals surface area contributed by atoms with Crippen molar-refractivity contribution >= 4 is 11.9 Å². The molecule has 5 heteroatoms. The minimum atomic E-state index is -0.761. The maximum Gasteiger partial charge on any atom is 0.338 e. The second kappa shape index (κ2) is 5.11. The van der Waals surface area contributed by atoms with Gasteiger partial charge in [0, 0.05) is 0 Å². The molecule has 15 heavy (non-hydrogen) atoms. The number of hydrogen-bond donors (Lipinski definition) is 0. The number of hydrogen-bond acceptors (Lipinski definition) is 5. The average molecular weight is 216 g/mol. The average Bonchev–Trinajstić information content (AvgIpc) is 2.94. The zero-order chi connectivity index (χ0) is 11.4. The van der Waals surface area contributed by atoms with Gasteiger partial charge in [0.2, 0.25) is 0 Å². The second-order valence-corrected chi connectivity index (χ2v) is 3.75. The van der Waals surface area contributed by atoms with Gasteiger partial charge in [-0.25, -0.2) is 9.59 Å². The summed E-state index contributed by atoms with van der Waals surface area (Å²) in [5.74, 6) is -0.709. The summed E-state index contributed by atoms with van der Waals surface area (Å²) in [5, 5.41) is 0. The zero-order valence-corrected chi connectivity index (χ0v) is 9.19. The van der Waals surface area contributed by atoms with E-state index >= 15 is 0 Å². The molecule has 0 aromatic rings. The molecule has 0 aliphatic carbocycles. The van der Waals surface area contributed by atoms with E-state index in [0.717, 1.165) is 0 Å². The molecule has 1 fully saturated rings. The molecule has 1 heterocycles. The van der Waals surface area contributed by atoms with Gasteiger partial charge in [0.1, 0.15) is 0 Å². The summed E-state index contributed by atoms with van der Waals surface area (Å²) >= 11 is 0. The number of carbonyl (C=O) groups excluding carboxylic acids is 2. The van der Waals surface area contributed by atoms with Crippen molar-refractivity contribution < 1.29 is 23.8 Å². The number of esters is 2. The first-order valence-electron chi connectivity index (χ1n) is 5.05. The standard InChI is InChI=1S/C10H16O5/c1-4-13-9(11)7-8(15-7)10(12)14-5-6(2)3/h6-8H,4-5H2,1-3H3/t7-,8+/m0/s1. The number of ether oxygens (including phenoxy) is 3. The Morgan fingerprint density at radius 3 is 2.20 bits per heavy atom. The largest absolute Gasteiger partial charge is 0.464 e. The Morgan fingerprint density at radius 2 is 1.73 bits per heavy atom. The quantitative estimate of drug-likeness (QED) is 0.495. The van der Waals surface area contributed by atoms with Crippen molar-refractivity contribution in [2.45, 2.75) is 33.0 Å². The lowest BCUT2D eigenvalue weighted by molar-refractivity contribution is -0.147. The van der Waals surface area contributed by atoms with Crippen molar-refractivity contribution in [1.82, 2.24) is 0 Å². The van der Waals surface area contributed by atoms with Gasteiger partial charge in [-0.15, -0.1) is 0 Å². The fourth-order valence-electron chi connectivity index (χ4n) is 1.03. The molecule has 0 amide bonds. The number of epoxide rings is 1. The fourth-order valence-corrected chi connectivity index (χ4v) is 1.03. The Balaban J connectivity index is 2.24. The van der Waals surface area contributed by atoms with Gasteiger partial charge in [-0.1, -0.05) is 13.8 Å². The molecule has 5 nitrogen and oxygen atoms in total. The van der Waals surface area contributed by atoms with Crippen LogP contribution in [-0.2, 0) is 23.8 Å². The van der Waals surface area contributed by atoms with E-state index in [1.165, 1.54) is 0 Å². The first kappa shape index (κ1) is 12.0. The molecule has 2 atom stereocenters. The smallest absolute Gasteiger partial charge is 0.338 e. The Bertz CT molecular complexity index is 248. The minimum Gasteiger partial charge on any atom is -0.464 e. The van der Waals surface area contributed by atoms with Crippen molar-refractivity contribution in [3.05, 3.63) is 0 Å². The van der Waals surface area contributed by atoms with Crippen molar-refractivity contribution in [3.8, 4) is 0 Å². The molecule has 1 rings (SSSR count). The van der Waals surface area contributed by atoms with Crippen LogP contribution in [0.15, 0.2) is 0 Å². The van der Waals surface area contributed by atoms with Crippen LogP contribution in [0.4, 0.5) is 0 Å². The molecule has 1 saturated heterocycles. The highest BCUT2D eigenvalue weighted by Crippen LogP contribution is 2.24. The highest BCUT2D eigenvalue weighted by Gasteiger charge is 2.52. The Morgan fingerprint density at radius 1 is 1.20 bits per heavy atom. The van der Waals surface area contributed by atoms with Crippen LogP contribution in [0.1, 0.15) is 20.8 Å². The van der Waals surface area contributed by atoms with E-state index in [9.17, 15) is 9.59 Å². The van der Waals surface area contributed by atoms with Gasteiger partial charge in [0.25, 0.3) is 0 Å². The normalized spacial score (nSPS) is 23.7. The van der Waals surface area contributed by atoms with Gasteiger partial charge in [0.15, 0.2) is 12.2 Å². The summed E-state index contributed by atoms with van der Waals surface area (Å²) in [5.41, 5.74) is 0. The van der Waals surface area contributed by atoms with Crippen molar-refractivity contribution in [1.29, 1.82) is 0 Å². The van der Waals surface area contributed by atoms with E-state index in [4.69, 9.17) is 14.2 Å². The summed E-state index contributed by atoms with van der Waals surface area (Å²) in [7, 11) is 0. The predicted octanol–water partition coefficient (Wildman–Crippen LogP) is 0.516. The van der Waals surface area contributed by atoms with Crippen molar-refractivity contribution in [2.24, 2.45) is 5.92 Å². The van der Waals surface area contributed by atoms with E-state index in [0.29, 0.717) is 6.61 Å². The molecule has 1 aliphatic heterocycles. The summed E-state index contributed by atoms with van der Waals surface area (Å²) in [6.45, 7) is 6.20. The van der Waals surface area contributed by atoms with Crippen LogP contribution >= 0.6 is 0 Å². The molecule has 0 bridgehead atoms. The summed E-state index contributed by atoms with van der Waals surface area (Å²) in [4.78, 5) is 22.4. The molecule has 0 aromatic carbocycles. The van der Waals surface area contributed by atoms with Crippen LogP contribution in [0.2, 0.25) is 0 Å². The third-order valence-electron chi connectivity index (χ3n) is 1.80. The maximum absolute atomic E-state index is 11.3. The fraction of sp³-hybridized carbons (Fsp3) is 0.800. The van der Waals surface area contributed by atoms with E-state index in [1.807, 2.05) is 13.8 Å². The van der Waals surface area contributed by atoms with E-state index in [-0.39, 0.29) is 12.5 Å². The Labute approximate surface area is 88.7 Å². The highest BCUT2D eigenvalue weighted by atomic mass is 16.7. The molecule has 0 unspecified atom stereocenters. The van der Waals surface area contributed by atoms with Crippen LogP contribution in [0, 0.1) is 5.92 Å². The van der Waals surface area contributed by atoms with E-state index in [1.54, 1.807) is 6.92 Å². The minimum absolute atomic E-state index is 0.272. The Hall–Kier alpha value is -1.10. The molecule has 86 valence electrons. The lowest BCUT2D eigenvalue weighted by Gasteiger charge is -2.04. The molecular weight excluding hydrogens is 200 g/mol. The first-order chi connectivity index (χ1) is 7.06. The SMILES string of the molecule is CCOC(=O)[C@H]1O[C@H]1C(=O)OCC(C)C. The van der Waals surface area contributed by atoms with Gasteiger partial charge in [0.05, 0.1) is 13.2 Å². The van der Waals surface area contributed by atoms with E-state index < -0.39 is 24.1 Å². The van der Waals surface area contributed by atoms with Gasteiger partial charge >= 0.3 is 11.9 Å². The molecule has 0 radical (unpaired) electrons. The molecule has 0 aromatic heterocycles. The maximum atomic E-state index is 11.3. The van der Waals surface area contributed by atoms with Gasteiger partial charge in [-0.05, 0) is 12.8 Å². The number of rotatable bonds is 5. The first-order valence-corrected chi connectivity index (χ1v) is 5.05. The lowest BCUT2D eigenvalue weighted by Crippen LogP contribution is -2.21. The predicted molar refractivity (Wildman–Crippen MR) is 51.1 cm³/mol. The van der Waals surface area contributed by atoms with Crippen LogP contribution in [0.3, 0.4) is 0 Å². The monoisotopic (exact) mass is 216 g/mol. The van der Waals surface area contributed by atoms with Crippen LogP contribution in [0.5, 0.6) is 0 Å². The van der Waals surface area contributed by atoms with E-state index in [2.05, 4.69) is 0 Å². The lowest BCUT2D eigenvalue weighted by atomic mass is 10.2. The summed E-state index contributed by atoms with van der Waals surface area (Å²) in [6.07, 6.45) is -1.52. The molecule has 0 N–H and O–H groups in total. The Kier molecular flexibility index (Phi) is 4.08. The van der Waals surface area contributed by atoms with Crippen molar-refractivity contribution in [2.75, 3.05) is 13.2 Å². The van der Waals surface area contributed by atoms with Crippen LogP contribution in [0.25, 0.3) is 0 Å². The van der Waals surface area contributed by atoms with Crippen LogP contribution < -0.4 is 0 Å². The summed E-state index contributed by atoms with van der Waals surface area (Å²) < 4.78 is 14.5. The molecule has 0 spiro atoms. The summed E-state index contributed by atoms with van der Waals surface area (Å²) in [6, 6.07) is 0. The molecular formula is C10H16O5. The zero-order valence-electron chi connectivity index (χ0n) is 9.19. The van der Waals surface area contributed by atoms with Gasteiger partial charge in [-0.2, -0.15) is 0 Å². The highest BCUT2D eigenvalue weighted by molar-refractivity contribution is 5.89. The number of carbonyl (C=O) groups is 2. The molecule has 0 saturated carbocycles. The third kappa shape index (κ3) is 3.51. The van der Waals surface area contributed by atoms with Gasteiger partial charge in [-0.3, -0.25) is 0 Å². The third-order valence-corrected chi connectivity index (χ3v) is 1.80. The molecule has 1 aliphatic rings.